The van der Waals surface area contributed by atoms with E-state index in [1.165, 1.54) is 0 Å². The van der Waals surface area contributed by atoms with Gasteiger partial charge in [0.1, 0.15) is 0 Å². The fourth-order valence-corrected chi connectivity index (χ4v) is 0.684. The van der Waals surface area contributed by atoms with Crippen molar-refractivity contribution in [1.82, 2.24) is 0 Å². The number of ether oxygens (including phenoxy) is 1. The first kappa shape index (κ1) is 5.75. The van der Waals surface area contributed by atoms with Gasteiger partial charge in [-0.2, -0.15) is 0 Å². The lowest BCUT2D eigenvalue weighted by Crippen LogP contribution is -2.13. The number of hydrogen-bond acceptors (Lipinski definition) is 3. The second-order valence-corrected chi connectivity index (χ2v) is 2.35. The van der Waals surface area contributed by atoms with Gasteiger partial charge in [-0.05, 0) is 0 Å². The van der Waals surface area contributed by atoms with Crippen LogP contribution < -0.4 is 0 Å². The number of esters is 1. The number of carbonyl (C=O) groups is 2. The number of hydrogen-bond donors (Lipinski definition) is 0. The molecule has 8 heavy (non-hydrogen) atoms. The number of cyclic esters (lactones) is 1. The van der Waals surface area contributed by atoms with Crippen LogP contribution in [0.25, 0.3) is 0 Å². The van der Waals surface area contributed by atoms with E-state index in [9.17, 15) is 9.59 Å². The Balaban J connectivity index is 2.70. The maximum atomic E-state index is 10.4. The van der Waals surface area contributed by atoms with Gasteiger partial charge in [0, 0.05) is 0 Å². The maximum absolute atomic E-state index is 10.4. The molecule has 1 heterocycles. The normalized spacial score (nSPS) is 28.4. The summed E-state index contributed by atoms with van der Waals surface area (Å²) in [5.74, 6) is -0.676. The number of halogens is 1. The van der Waals surface area contributed by atoms with Crippen LogP contribution in [0, 0.1) is 0 Å². The van der Waals surface area contributed by atoms with E-state index in [-0.39, 0.29) is 12.4 Å². The quantitative estimate of drug-likeness (QED) is 0.295. The molecule has 1 saturated heterocycles. The number of carbonyl (C=O) groups excluding carboxylic acids is 2. The fourth-order valence-electron chi connectivity index (χ4n) is 0.420. The Bertz CT molecular complexity index is 126. The van der Waals surface area contributed by atoms with E-state index in [2.05, 4.69) is 20.7 Å². The number of alkyl halides is 1. The highest BCUT2D eigenvalue weighted by molar-refractivity contribution is 9.10. The summed E-state index contributed by atoms with van der Waals surface area (Å²) in [4.78, 5) is 20.0. The van der Waals surface area contributed by atoms with Crippen molar-refractivity contribution in [2.75, 3.05) is 6.61 Å². The molecule has 0 aromatic rings. The van der Waals surface area contributed by atoms with Crippen molar-refractivity contribution in [3.8, 4) is 0 Å². The van der Waals surface area contributed by atoms with Crippen LogP contribution in [0.4, 0.5) is 0 Å². The smallest absolute Gasteiger partial charge is 0.327 e. The minimum absolute atomic E-state index is 0.0747. The molecule has 1 aliphatic heterocycles. The monoisotopic (exact) mass is 178 g/mol. The Morgan fingerprint density at radius 2 is 2.25 bits per heavy atom. The largest absolute Gasteiger partial charge is 0.456 e. The number of rotatable bonds is 0. The first-order valence-corrected chi connectivity index (χ1v) is 2.97. The minimum atomic E-state index is -0.706. The first-order valence-electron chi connectivity index (χ1n) is 2.05. The summed E-state index contributed by atoms with van der Waals surface area (Å²) in [5, 5.41) is 0. The molecule has 0 bridgehead atoms. The van der Waals surface area contributed by atoms with Gasteiger partial charge in [0.2, 0.25) is 0 Å². The van der Waals surface area contributed by atoms with Gasteiger partial charge in [-0.1, -0.05) is 15.9 Å². The van der Waals surface area contributed by atoms with Gasteiger partial charge in [-0.25, -0.2) is 0 Å². The van der Waals surface area contributed by atoms with Crippen LogP contribution in [0.5, 0.6) is 0 Å². The Labute approximate surface area is 54.1 Å². The summed E-state index contributed by atoms with van der Waals surface area (Å²) in [7, 11) is 0. The second kappa shape index (κ2) is 1.85. The molecule has 44 valence electrons. The van der Waals surface area contributed by atoms with Crippen molar-refractivity contribution in [3.63, 3.8) is 0 Å². The van der Waals surface area contributed by atoms with E-state index >= 15 is 0 Å². The van der Waals surface area contributed by atoms with Crippen LogP contribution in [-0.2, 0) is 14.3 Å². The van der Waals surface area contributed by atoms with Crippen molar-refractivity contribution in [1.29, 1.82) is 0 Å². The minimum Gasteiger partial charge on any atom is -0.456 e. The zero-order valence-corrected chi connectivity index (χ0v) is 5.47. The third kappa shape index (κ3) is 0.753. The molecule has 0 amide bonds. The van der Waals surface area contributed by atoms with E-state index in [1.54, 1.807) is 0 Å². The van der Waals surface area contributed by atoms with Crippen LogP contribution in [0.15, 0.2) is 0 Å². The van der Waals surface area contributed by atoms with E-state index in [0.717, 1.165) is 0 Å². The lowest BCUT2D eigenvalue weighted by atomic mass is 10.3. The molecule has 0 saturated carbocycles. The van der Waals surface area contributed by atoms with E-state index in [0.29, 0.717) is 0 Å². The molecule has 1 atom stereocenters. The zero-order chi connectivity index (χ0) is 6.15. The molecule has 1 fully saturated rings. The van der Waals surface area contributed by atoms with Gasteiger partial charge < -0.3 is 4.74 Å². The Morgan fingerprint density at radius 1 is 1.62 bits per heavy atom. The van der Waals surface area contributed by atoms with Crippen LogP contribution >= 0.6 is 15.9 Å². The summed E-state index contributed by atoms with van der Waals surface area (Å²) in [5.41, 5.74) is 0. The molecule has 4 heteroatoms. The summed E-state index contributed by atoms with van der Waals surface area (Å²) >= 11 is 2.84. The summed E-state index contributed by atoms with van der Waals surface area (Å²) in [6, 6.07) is 0. The average Bonchev–Trinajstić information content (AvgIpc) is 1.98. The highest BCUT2D eigenvalue weighted by Crippen LogP contribution is 2.10. The SMILES string of the molecule is O=C1COC(=O)[C@@H]1Br. The standard InChI is InChI=1S/C4H3BrO3/c5-3-2(6)1-8-4(3)7/h3H,1H2/t3-/m1/s1. The first-order chi connectivity index (χ1) is 3.72. The van der Waals surface area contributed by atoms with Gasteiger partial charge in [-0.3, -0.25) is 9.59 Å². The number of ketones is 1. The Morgan fingerprint density at radius 3 is 2.38 bits per heavy atom. The van der Waals surface area contributed by atoms with Gasteiger partial charge in [0.15, 0.2) is 17.2 Å². The van der Waals surface area contributed by atoms with Crippen molar-refractivity contribution < 1.29 is 14.3 Å². The van der Waals surface area contributed by atoms with Crippen molar-refractivity contribution in [3.05, 3.63) is 0 Å². The van der Waals surface area contributed by atoms with E-state index in [1.807, 2.05) is 0 Å². The molecule has 1 aliphatic rings. The lowest BCUT2D eigenvalue weighted by Gasteiger charge is -1.85. The van der Waals surface area contributed by atoms with Gasteiger partial charge in [0.25, 0.3) is 0 Å². The van der Waals surface area contributed by atoms with E-state index < -0.39 is 10.8 Å². The van der Waals surface area contributed by atoms with Crippen molar-refractivity contribution in [2.45, 2.75) is 4.83 Å². The maximum Gasteiger partial charge on any atom is 0.327 e. The third-order valence-corrected chi connectivity index (χ3v) is 1.73. The van der Waals surface area contributed by atoms with Gasteiger partial charge in [0.05, 0.1) is 0 Å². The average molecular weight is 179 g/mol. The molecule has 0 N–H and O–H groups in total. The zero-order valence-electron chi connectivity index (χ0n) is 3.89. The molecule has 0 aliphatic carbocycles. The Hall–Kier alpha value is -0.380. The molecular weight excluding hydrogens is 176 g/mol. The van der Waals surface area contributed by atoms with Crippen LogP contribution in [0.2, 0.25) is 0 Å². The predicted octanol–water partition coefficient (Wildman–Crippen LogP) is -0.124. The summed E-state index contributed by atoms with van der Waals surface area (Å²) in [6.07, 6.45) is 0. The number of Topliss-reactive ketones (excluding diaryl/α,β-unsaturated/α-hetero) is 1. The molecule has 0 radical (unpaired) electrons. The second-order valence-electron chi connectivity index (χ2n) is 1.44. The van der Waals surface area contributed by atoms with Crippen molar-refractivity contribution >= 4 is 27.7 Å². The lowest BCUT2D eigenvalue weighted by molar-refractivity contribution is -0.137. The summed E-state index contributed by atoms with van der Waals surface area (Å²) < 4.78 is 4.34. The topological polar surface area (TPSA) is 43.4 Å². The molecule has 3 nitrogen and oxygen atoms in total. The van der Waals surface area contributed by atoms with Crippen LogP contribution in [0.1, 0.15) is 0 Å². The molecule has 1 rings (SSSR count). The highest BCUT2D eigenvalue weighted by atomic mass is 79.9. The van der Waals surface area contributed by atoms with Gasteiger partial charge >= 0.3 is 5.97 Å². The third-order valence-electron chi connectivity index (χ3n) is 0.846. The van der Waals surface area contributed by atoms with E-state index in [4.69, 9.17) is 0 Å². The van der Waals surface area contributed by atoms with Gasteiger partial charge in [-0.15, -0.1) is 0 Å². The highest BCUT2D eigenvalue weighted by Gasteiger charge is 2.32. The molecule has 0 aromatic carbocycles. The Kier molecular flexibility index (Phi) is 1.33. The van der Waals surface area contributed by atoms with Crippen LogP contribution in [-0.4, -0.2) is 23.2 Å². The predicted molar refractivity (Wildman–Crippen MR) is 28.7 cm³/mol. The molecular formula is C4H3BrO3. The summed E-state index contributed by atoms with van der Waals surface area (Å²) in [6.45, 7) is -0.0747. The molecule has 0 spiro atoms. The molecule has 0 aromatic heterocycles. The van der Waals surface area contributed by atoms with Crippen LogP contribution in [0.3, 0.4) is 0 Å². The molecule has 0 unspecified atom stereocenters. The fraction of sp³-hybridized carbons (Fsp3) is 0.500. The van der Waals surface area contributed by atoms with Crippen molar-refractivity contribution in [2.24, 2.45) is 0 Å².